The maximum Gasteiger partial charge on any atom is 0.335 e. The molecule has 1 heterocycles. The van der Waals surface area contributed by atoms with E-state index in [-0.39, 0.29) is 16.9 Å². The van der Waals surface area contributed by atoms with Crippen LogP contribution in [0.5, 0.6) is 0 Å². The van der Waals surface area contributed by atoms with Crippen LogP contribution in [0.1, 0.15) is 71.6 Å². The third-order valence-electron chi connectivity index (χ3n) is 10.5. The van der Waals surface area contributed by atoms with Gasteiger partial charge in [0, 0.05) is 11.8 Å². The Kier molecular flexibility index (Phi) is 5.93. The van der Waals surface area contributed by atoms with E-state index in [0.29, 0.717) is 29.5 Å². The minimum Gasteiger partial charge on any atom is -0.479 e. The molecule has 0 aromatic heterocycles. The van der Waals surface area contributed by atoms with Gasteiger partial charge in [-0.2, -0.15) is 0 Å². The zero-order chi connectivity index (χ0) is 23.7. The zero-order valence-electron chi connectivity index (χ0n) is 19.6. The van der Waals surface area contributed by atoms with Gasteiger partial charge in [-0.05, 0) is 80.5 Å². The second kappa shape index (κ2) is 8.26. The Morgan fingerprint density at radius 2 is 1.73 bits per heavy atom. The highest BCUT2D eigenvalue weighted by Gasteiger charge is 2.60. The van der Waals surface area contributed by atoms with Crippen molar-refractivity contribution >= 4 is 11.8 Å². The van der Waals surface area contributed by atoms with Crippen LogP contribution >= 0.6 is 0 Å². The third kappa shape index (κ3) is 3.59. The van der Waals surface area contributed by atoms with Crippen molar-refractivity contribution in [3.05, 3.63) is 0 Å². The van der Waals surface area contributed by atoms with Crippen molar-refractivity contribution in [1.29, 1.82) is 0 Å². The number of ether oxygens (including phenoxy) is 2. The molecule has 4 saturated carbocycles. The number of hydrogen-bond donors (Lipinski definition) is 4. The van der Waals surface area contributed by atoms with Crippen molar-refractivity contribution in [2.75, 3.05) is 0 Å². The van der Waals surface area contributed by atoms with Crippen LogP contribution < -0.4 is 0 Å². The monoisotopic (exact) mass is 466 g/mol. The second-order valence-electron chi connectivity index (χ2n) is 11.8. The summed E-state index contributed by atoms with van der Waals surface area (Å²) in [6.45, 7) is 4.62. The van der Waals surface area contributed by atoms with Gasteiger partial charge in [-0.1, -0.05) is 13.8 Å². The number of carbonyl (C=O) groups excluding carboxylic acids is 1. The summed E-state index contributed by atoms with van der Waals surface area (Å²) < 4.78 is 11.4. The van der Waals surface area contributed by atoms with Gasteiger partial charge >= 0.3 is 5.97 Å². The van der Waals surface area contributed by atoms with E-state index in [0.717, 1.165) is 57.8 Å². The van der Waals surface area contributed by atoms with Crippen LogP contribution in [0.25, 0.3) is 0 Å². The topological polar surface area (TPSA) is 134 Å². The molecule has 1 aliphatic heterocycles. The van der Waals surface area contributed by atoms with Crippen LogP contribution in [0.2, 0.25) is 0 Å². The molecule has 0 aromatic rings. The van der Waals surface area contributed by atoms with Crippen molar-refractivity contribution in [1.82, 2.24) is 0 Å². The molecular weight excluding hydrogens is 428 g/mol. The molecule has 8 nitrogen and oxygen atoms in total. The molecule has 12 atom stereocenters. The molecule has 0 bridgehead atoms. The maximum absolute atomic E-state index is 12.6. The van der Waals surface area contributed by atoms with Crippen molar-refractivity contribution in [3.63, 3.8) is 0 Å². The predicted molar refractivity (Wildman–Crippen MR) is 116 cm³/mol. The van der Waals surface area contributed by atoms with Crippen LogP contribution in [-0.2, 0) is 19.1 Å². The van der Waals surface area contributed by atoms with Gasteiger partial charge in [-0.25, -0.2) is 4.79 Å². The molecule has 0 amide bonds. The van der Waals surface area contributed by atoms with Gasteiger partial charge in [0.05, 0.1) is 6.10 Å². The van der Waals surface area contributed by atoms with Gasteiger partial charge < -0.3 is 29.9 Å². The van der Waals surface area contributed by atoms with Crippen LogP contribution in [0.3, 0.4) is 0 Å². The molecule has 1 saturated heterocycles. The van der Waals surface area contributed by atoms with Gasteiger partial charge in [0.1, 0.15) is 24.1 Å². The summed E-state index contributed by atoms with van der Waals surface area (Å²) in [6, 6.07) is 0. The van der Waals surface area contributed by atoms with Crippen molar-refractivity contribution in [3.8, 4) is 0 Å². The lowest BCUT2D eigenvalue weighted by atomic mass is 9.45. The van der Waals surface area contributed by atoms with E-state index >= 15 is 0 Å². The molecule has 186 valence electrons. The largest absolute Gasteiger partial charge is 0.479 e. The normalized spacial score (nSPS) is 54.3. The molecule has 4 N–H and O–H groups in total. The smallest absolute Gasteiger partial charge is 0.335 e. The summed E-state index contributed by atoms with van der Waals surface area (Å²) in [5, 5.41) is 39.6. The summed E-state index contributed by atoms with van der Waals surface area (Å²) in [4.78, 5) is 24.0. The maximum atomic E-state index is 12.6. The minimum absolute atomic E-state index is 0.120. The van der Waals surface area contributed by atoms with Crippen LogP contribution in [0, 0.1) is 34.5 Å². The van der Waals surface area contributed by atoms with Gasteiger partial charge in [0.15, 0.2) is 12.4 Å². The summed E-state index contributed by atoms with van der Waals surface area (Å²) in [6.07, 6.45) is 0.719. The Bertz CT molecular complexity index is 801. The molecular formula is C25H38O8. The second-order valence-corrected chi connectivity index (χ2v) is 11.8. The Hall–Kier alpha value is -1.06. The fourth-order valence-corrected chi connectivity index (χ4v) is 8.47. The number of aliphatic carboxylic acids is 1. The number of rotatable bonds is 3. The lowest BCUT2D eigenvalue weighted by molar-refractivity contribution is -0.309. The van der Waals surface area contributed by atoms with E-state index in [1.807, 2.05) is 0 Å². The molecule has 5 rings (SSSR count). The summed E-state index contributed by atoms with van der Waals surface area (Å²) in [7, 11) is 0. The SMILES string of the molecule is C[C@]12CC[C@@H](O[C@@H]3OC(C(=O)O)[C@@H](O)C(O)[C@H]3O)C[C@@H]1CC[C@@H]1[C@@H]2CC[C@]2(C)C(=O)CC[C@@H]12. The quantitative estimate of drug-likeness (QED) is 0.463. The number of aliphatic hydroxyl groups is 3. The summed E-state index contributed by atoms with van der Waals surface area (Å²) >= 11 is 0. The number of carboxylic acid groups (broad SMARTS) is 1. The first-order valence-corrected chi connectivity index (χ1v) is 12.7. The number of fused-ring (bicyclic) bond motifs is 5. The number of carboxylic acids is 1. The average Bonchev–Trinajstić information content (AvgIpc) is 3.08. The fraction of sp³-hybridized carbons (Fsp3) is 0.920. The van der Waals surface area contributed by atoms with E-state index < -0.39 is 36.7 Å². The zero-order valence-corrected chi connectivity index (χ0v) is 19.6. The van der Waals surface area contributed by atoms with Gasteiger partial charge in [0.2, 0.25) is 0 Å². The van der Waals surface area contributed by atoms with E-state index in [1.165, 1.54) is 0 Å². The average molecular weight is 467 g/mol. The highest BCUT2D eigenvalue weighted by molar-refractivity contribution is 5.87. The highest BCUT2D eigenvalue weighted by Crippen LogP contribution is 2.65. The highest BCUT2D eigenvalue weighted by atomic mass is 16.7. The number of aliphatic hydroxyl groups excluding tert-OH is 3. The van der Waals surface area contributed by atoms with Gasteiger partial charge in [-0.15, -0.1) is 0 Å². The van der Waals surface area contributed by atoms with E-state index in [9.17, 15) is 30.0 Å². The standard InChI is InChI=1S/C25H38O8/c1-24-9-7-13(32-23-20(29)18(27)19(28)21(33-23)22(30)31)11-12(24)3-4-14-15-5-6-17(26)25(15,2)10-8-16(14)24/h12-16,18-21,23,27-29H,3-11H2,1-2H3,(H,30,31)/t12-,13+,14-,15-,16-,18?,19-,20+,21?,23+,24-,25-/m0/s1. The Morgan fingerprint density at radius 1 is 0.970 bits per heavy atom. The molecule has 0 radical (unpaired) electrons. The van der Waals surface area contributed by atoms with Crippen molar-refractivity contribution in [2.45, 2.75) is 108 Å². The molecule has 4 aliphatic carbocycles. The molecule has 5 aliphatic rings. The first kappa shape index (κ1) is 23.7. The Labute approximate surface area is 194 Å². The van der Waals surface area contributed by atoms with Gasteiger partial charge in [-0.3, -0.25) is 4.79 Å². The van der Waals surface area contributed by atoms with Crippen molar-refractivity contribution in [2.24, 2.45) is 34.5 Å². The molecule has 0 spiro atoms. The number of carbonyl (C=O) groups is 2. The van der Waals surface area contributed by atoms with E-state index in [4.69, 9.17) is 9.47 Å². The van der Waals surface area contributed by atoms with Gasteiger partial charge in [0.25, 0.3) is 0 Å². The Balaban J connectivity index is 1.26. The lowest BCUT2D eigenvalue weighted by Gasteiger charge is -2.60. The van der Waals surface area contributed by atoms with Crippen LogP contribution in [0.4, 0.5) is 0 Å². The van der Waals surface area contributed by atoms with Crippen molar-refractivity contribution < 1.29 is 39.5 Å². The number of Topliss-reactive ketones (excluding diaryl/α,β-unsaturated/α-hetero) is 1. The van der Waals surface area contributed by atoms with E-state index in [2.05, 4.69) is 13.8 Å². The molecule has 33 heavy (non-hydrogen) atoms. The number of ketones is 1. The predicted octanol–water partition coefficient (Wildman–Crippen LogP) is 1.88. The first-order valence-electron chi connectivity index (χ1n) is 12.7. The van der Waals surface area contributed by atoms with E-state index in [1.54, 1.807) is 0 Å². The lowest BCUT2D eigenvalue weighted by Crippen LogP contribution is -2.61. The number of hydrogen-bond acceptors (Lipinski definition) is 7. The Morgan fingerprint density at radius 3 is 2.45 bits per heavy atom. The summed E-state index contributed by atoms with van der Waals surface area (Å²) in [5.74, 6) is 1.28. The summed E-state index contributed by atoms with van der Waals surface area (Å²) in [5.41, 5.74) is 0.0757. The molecule has 2 unspecified atom stereocenters. The fourth-order valence-electron chi connectivity index (χ4n) is 8.47. The minimum atomic E-state index is -1.71. The third-order valence-corrected chi connectivity index (χ3v) is 10.5. The first-order chi connectivity index (χ1) is 15.6. The van der Waals surface area contributed by atoms with Crippen LogP contribution in [-0.4, -0.2) is 69.0 Å². The molecule has 5 fully saturated rings. The molecule has 0 aromatic carbocycles. The van der Waals surface area contributed by atoms with Crippen LogP contribution in [0.15, 0.2) is 0 Å². The molecule has 8 heteroatoms.